The molecule has 20 heavy (non-hydrogen) atoms. The van der Waals surface area contributed by atoms with Crippen LogP contribution in [0, 0.1) is 0 Å². The van der Waals surface area contributed by atoms with Crippen LogP contribution < -0.4 is 5.73 Å². The van der Waals surface area contributed by atoms with Crippen molar-refractivity contribution in [3.05, 3.63) is 41.2 Å². The molecule has 0 saturated heterocycles. The van der Waals surface area contributed by atoms with Gasteiger partial charge in [0.05, 0.1) is 6.42 Å². The molecule has 0 aliphatic carbocycles. The molecule has 5 nitrogen and oxygen atoms in total. The number of benzene rings is 2. The summed E-state index contributed by atoms with van der Waals surface area (Å²) in [6, 6.07) is 8.22. The van der Waals surface area contributed by atoms with Crippen molar-refractivity contribution in [1.29, 1.82) is 0 Å². The van der Waals surface area contributed by atoms with Crippen molar-refractivity contribution in [2.24, 2.45) is 5.73 Å². The van der Waals surface area contributed by atoms with Crippen LogP contribution in [0.4, 0.5) is 0 Å². The molecular weight excluding hydrogens is 280 g/mol. The number of carboxylic acid groups (broad SMARTS) is 1. The number of halogens is 1. The number of aromatic nitrogens is 1. The Labute approximate surface area is 119 Å². The summed E-state index contributed by atoms with van der Waals surface area (Å²) in [6.45, 7) is 0. The number of hydrogen-bond acceptors (Lipinski definition) is 4. The van der Waals surface area contributed by atoms with Gasteiger partial charge in [0.2, 0.25) is 0 Å². The van der Waals surface area contributed by atoms with E-state index in [-0.39, 0.29) is 6.42 Å². The van der Waals surface area contributed by atoms with Crippen LogP contribution in [0.5, 0.6) is 0 Å². The Morgan fingerprint density at radius 1 is 1.35 bits per heavy atom. The first-order valence-corrected chi connectivity index (χ1v) is 6.38. The zero-order valence-corrected chi connectivity index (χ0v) is 11.1. The van der Waals surface area contributed by atoms with E-state index in [0.29, 0.717) is 22.0 Å². The lowest BCUT2D eigenvalue weighted by atomic mass is 10.1. The number of fused-ring (bicyclic) bond motifs is 2. The van der Waals surface area contributed by atoms with Gasteiger partial charge in [0.1, 0.15) is 11.6 Å². The fourth-order valence-corrected chi connectivity index (χ4v) is 2.23. The molecular formula is C14H11ClN2O3. The smallest absolute Gasteiger partial charge is 0.321 e. The van der Waals surface area contributed by atoms with Crippen molar-refractivity contribution < 1.29 is 14.3 Å². The van der Waals surface area contributed by atoms with Gasteiger partial charge < -0.3 is 15.3 Å². The molecule has 0 radical (unpaired) electrons. The average molecular weight is 291 g/mol. The number of nitrogens with two attached hydrogens (primary N) is 1. The lowest BCUT2D eigenvalue weighted by Gasteiger charge is -2.00. The summed E-state index contributed by atoms with van der Waals surface area (Å²) >= 11 is 5.95. The number of rotatable bonds is 3. The van der Waals surface area contributed by atoms with E-state index in [1.807, 2.05) is 24.3 Å². The number of carbonyl (C=O) groups is 1. The Morgan fingerprint density at radius 3 is 2.90 bits per heavy atom. The summed E-state index contributed by atoms with van der Waals surface area (Å²) in [5.41, 5.74) is 6.74. The summed E-state index contributed by atoms with van der Waals surface area (Å²) in [5, 5.41) is 11.4. The Hall–Kier alpha value is -2.11. The van der Waals surface area contributed by atoms with Gasteiger partial charge >= 0.3 is 5.97 Å². The van der Waals surface area contributed by atoms with E-state index in [0.717, 1.165) is 10.8 Å². The van der Waals surface area contributed by atoms with Gasteiger partial charge in [-0.05, 0) is 35.0 Å². The zero-order chi connectivity index (χ0) is 14.3. The normalized spacial score (nSPS) is 12.9. The molecule has 1 aromatic heterocycles. The standard InChI is InChI=1S/C14H11ClN2O3/c15-9-2-1-7-5-12-11(4-8(7)3-9)17-13(20-12)6-10(16)14(18)19/h1-5,10H,6,16H2,(H,18,19)/t10-/m1/s1. The third-order valence-electron chi connectivity index (χ3n) is 3.06. The van der Waals surface area contributed by atoms with E-state index in [9.17, 15) is 4.79 Å². The highest BCUT2D eigenvalue weighted by molar-refractivity contribution is 6.31. The van der Waals surface area contributed by atoms with Crippen molar-refractivity contribution in [2.45, 2.75) is 12.5 Å². The summed E-state index contributed by atoms with van der Waals surface area (Å²) in [4.78, 5) is 15.0. The van der Waals surface area contributed by atoms with Crippen molar-refractivity contribution in [1.82, 2.24) is 4.98 Å². The van der Waals surface area contributed by atoms with Crippen molar-refractivity contribution in [3.8, 4) is 0 Å². The second-order valence-corrected chi connectivity index (χ2v) is 5.00. The summed E-state index contributed by atoms with van der Waals surface area (Å²) in [6.07, 6.45) is 0.0567. The molecule has 6 heteroatoms. The van der Waals surface area contributed by atoms with Gasteiger partial charge in [-0.1, -0.05) is 17.7 Å². The molecule has 3 aromatic rings. The van der Waals surface area contributed by atoms with E-state index in [4.69, 9.17) is 26.9 Å². The van der Waals surface area contributed by atoms with Crippen LogP contribution >= 0.6 is 11.6 Å². The van der Waals surface area contributed by atoms with Crippen LogP contribution in [0.15, 0.2) is 34.7 Å². The third kappa shape index (κ3) is 2.33. The molecule has 0 unspecified atom stereocenters. The third-order valence-corrected chi connectivity index (χ3v) is 3.30. The Morgan fingerprint density at radius 2 is 2.15 bits per heavy atom. The monoisotopic (exact) mass is 290 g/mol. The minimum atomic E-state index is -1.08. The first-order valence-electron chi connectivity index (χ1n) is 6.00. The number of oxazole rings is 1. The van der Waals surface area contributed by atoms with E-state index >= 15 is 0 Å². The van der Waals surface area contributed by atoms with Gasteiger partial charge in [-0.3, -0.25) is 4.79 Å². The molecule has 102 valence electrons. The fraction of sp³-hybridized carbons (Fsp3) is 0.143. The SMILES string of the molecule is N[C@H](Cc1nc2cc3cc(Cl)ccc3cc2o1)C(=O)O. The van der Waals surface area contributed by atoms with Crippen molar-refractivity contribution in [3.63, 3.8) is 0 Å². The van der Waals surface area contributed by atoms with Gasteiger partial charge in [0.25, 0.3) is 0 Å². The van der Waals surface area contributed by atoms with Gasteiger partial charge in [-0.25, -0.2) is 4.98 Å². The fourth-order valence-electron chi connectivity index (χ4n) is 2.05. The van der Waals surface area contributed by atoms with Crippen LogP contribution in [-0.2, 0) is 11.2 Å². The quantitative estimate of drug-likeness (QED) is 0.774. The Kier molecular flexibility index (Phi) is 3.08. The second kappa shape index (κ2) is 4.77. The second-order valence-electron chi connectivity index (χ2n) is 4.57. The molecule has 0 aliphatic rings. The van der Waals surface area contributed by atoms with Crippen molar-refractivity contribution >= 4 is 39.4 Å². The molecule has 0 fully saturated rings. The zero-order valence-electron chi connectivity index (χ0n) is 10.3. The summed E-state index contributed by atoms with van der Waals surface area (Å²) < 4.78 is 5.54. The van der Waals surface area contributed by atoms with Crippen LogP contribution in [0.1, 0.15) is 5.89 Å². The first-order chi connectivity index (χ1) is 9.52. The van der Waals surface area contributed by atoms with E-state index < -0.39 is 12.0 Å². The molecule has 0 aliphatic heterocycles. The maximum atomic E-state index is 10.7. The largest absolute Gasteiger partial charge is 0.480 e. The molecule has 0 saturated carbocycles. The van der Waals surface area contributed by atoms with E-state index in [1.54, 1.807) is 6.07 Å². The highest BCUT2D eigenvalue weighted by Crippen LogP contribution is 2.26. The Balaban J connectivity index is 2.06. The van der Waals surface area contributed by atoms with Crippen LogP contribution in [-0.4, -0.2) is 22.1 Å². The lowest BCUT2D eigenvalue weighted by molar-refractivity contribution is -0.138. The van der Waals surface area contributed by atoms with Gasteiger partial charge in [-0.2, -0.15) is 0 Å². The van der Waals surface area contributed by atoms with Crippen molar-refractivity contribution in [2.75, 3.05) is 0 Å². The average Bonchev–Trinajstić information content (AvgIpc) is 2.76. The molecule has 1 heterocycles. The molecule has 2 aromatic carbocycles. The first kappa shape index (κ1) is 12.9. The van der Waals surface area contributed by atoms with Gasteiger partial charge in [0.15, 0.2) is 11.5 Å². The highest BCUT2D eigenvalue weighted by atomic mass is 35.5. The van der Waals surface area contributed by atoms with Gasteiger partial charge in [0, 0.05) is 5.02 Å². The Bertz CT molecular complexity index is 813. The van der Waals surface area contributed by atoms with Crippen LogP contribution in [0.3, 0.4) is 0 Å². The lowest BCUT2D eigenvalue weighted by Crippen LogP contribution is -2.32. The van der Waals surface area contributed by atoms with Crippen LogP contribution in [0.2, 0.25) is 5.02 Å². The highest BCUT2D eigenvalue weighted by Gasteiger charge is 2.16. The molecule has 0 amide bonds. The summed E-state index contributed by atoms with van der Waals surface area (Å²) in [5.74, 6) is -0.763. The maximum absolute atomic E-state index is 10.7. The number of carboxylic acids is 1. The molecule has 0 bridgehead atoms. The number of hydrogen-bond donors (Lipinski definition) is 2. The molecule has 3 N–H and O–H groups in total. The predicted octanol–water partition coefficient (Wildman–Crippen LogP) is 2.59. The van der Waals surface area contributed by atoms with Gasteiger partial charge in [-0.15, -0.1) is 0 Å². The molecule has 3 rings (SSSR count). The number of aliphatic carboxylic acids is 1. The summed E-state index contributed by atoms with van der Waals surface area (Å²) in [7, 11) is 0. The maximum Gasteiger partial charge on any atom is 0.321 e. The molecule has 0 spiro atoms. The minimum absolute atomic E-state index is 0.0567. The number of nitrogens with zero attached hydrogens (tertiary/aromatic N) is 1. The molecule has 1 atom stereocenters. The predicted molar refractivity (Wildman–Crippen MR) is 75.8 cm³/mol. The van der Waals surface area contributed by atoms with E-state index in [1.165, 1.54) is 0 Å². The van der Waals surface area contributed by atoms with Crippen LogP contribution in [0.25, 0.3) is 21.9 Å². The topological polar surface area (TPSA) is 89.4 Å². The minimum Gasteiger partial charge on any atom is -0.480 e. The van der Waals surface area contributed by atoms with E-state index in [2.05, 4.69) is 4.98 Å².